The Labute approximate surface area is 124 Å². The minimum absolute atomic E-state index is 0.0621. The Morgan fingerprint density at radius 2 is 1.76 bits per heavy atom. The van der Waals surface area contributed by atoms with Gasteiger partial charge in [0.05, 0.1) is 23.2 Å². The predicted molar refractivity (Wildman–Crippen MR) is 80.5 cm³/mol. The van der Waals surface area contributed by atoms with Crippen molar-refractivity contribution in [2.45, 2.75) is 13.8 Å². The van der Waals surface area contributed by atoms with Crippen LogP contribution < -0.4 is 9.80 Å². The van der Waals surface area contributed by atoms with Crippen LogP contribution in [0.15, 0.2) is 24.3 Å². The average Bonchev–Trinajstić information content (AvgIpc) is 3.02. The molecule has 1 saturated carbocycles. The predicted octanol–water partition coefficient (Wildman–Crippen LogP) is 1.83. The van der Waals surface area contributed by atoms with Gasteiger partial charge in [-0.3, -0.25) is 9.59 Å². The highest BCUT2D eigenvalue weighted by Gasteiger charge is 2.66. The van der Waals surface area contributed by atoms with Gasteiger partial charge in [-0.15, -0.1) is 0 Å². The number of anilines is 2. The first-order chi connectivity index (χ1) is 9.85. The molecule has 1 aliphatic heterocycles. The van der Waals surface area contributed by atoms with E-state index in [1.165, 1.54) is 0 Å². The fourth-order valence-corrected chi connectivity index (χ4v) is 3.46. The molecule has 112 valence electrons. The van der Waals surface area contributed by atoms with Crippen molar-refractivity contribution in [2.24, 2.45) is 17.3 Å². The molecular weight excluding hydrogens is 268 g/mol. The Morgan fingerprint density at radius 3 is 2.33 bits per heavy atom. The molecule has 1 heterocycles. The average molecular weight is 288 g/mol. The molecule has 5 heteroatoms. The minimum Gasteiger partial charge on any atom is -0.481 e. The van der Waals surface area contributed by atoms with E-state index in [9.17, 15) is 14.7 Å². The highest BCUT2D eigenvalue weighted by Crippen LogP contribution is 2.59. The molecule has 1 amide bonds. The molecule has 0 bridgehead atoms. The van der Waals surface area contributed by atoms with Crippen molar-refractivity contribution in [3.05, 3.63) is 24.3 Å². The normalized spacial score (nSPS) is 26.2. The van der Waals surface area contributed by atoms with Crippen LogP contribution in [-0.2, 0) is 9.59 Å². The summed E-state index contributed by atoms with van der Waals surface area (Å²) in [4.78, 5) is 28.0. The number of carboxylic acid groups (broad SMARTS) is 1. The van der Waals surface area contributed by atoms with Crippen LogP contribution in [0.1, 0.15) is 13.8 Å². The van der Waals surface area contributed by atoms with Crippen molar-refractivity contribution < 1.29 is 14.7 Å². The highest BCUT2D eigenvalue weighted by atomic mass is 16.4. The molecule has 2 aliphatic rings. The summed E-state index contributed by atoms with van der Waals surface area (Å²) in [6, 6.07) is 7.77. The summed E-state index contributed by atoms with van der Waals surface area (Å²) in [5.41, 5.74) is 1.44. The van der Waals surface area contributed by atoms with E-state index >= 15 is 0 Å². The van der Waals surface area contributed by atoms with Crippen molar-refractivity contribution in [1.82, 2.24) is 0 Å². The Balaban J connectivity index is 1.91. The van der Waals surface area contributed by atoms with Gasteiger partial charge in [0.2, 0.25) is 5.91 Å². The SMILES string of the molecule is CN1CCN(C(=O)C2C(C(=O)O)C2(C)C)c2ccccc21. The van der Waals surface area contributed by atoms with E-state index < -0.39 is 23.2 Å². The zero-order valence-corrected chi connectivity index (χ0v) is 12.5. The third-order valence-electron chi connectivity index (χ3n) is 4.87. The van der Waals surface area contributed by atoms with Crippen LogP contribution in [-0.4, -0.2) is 37.1 Å². The largest absolute Gasteiger partial charge is 0.481 e. The summed E-state index contributed by atoms with van der Waals surface area (Å²) in [5.74, 6) is -1.93. The standard InChI is InChI=1S/C16H20N2O3/c1-16(2)12(13(16)15(20)21)14(19)18-9-8-17(3)10-6-4-5-7-11(10)18/h4-7,12-13H,8-9H2,1-3H3,(H,20,21). The maximum atomic E-state index is 12.8. The van der Waals surface area contributed by atoms with Crippen molar-refractivity contribution >= 4 is 23.3 Å². The van der Waals surface area contributed by atoms with E-state index in [1.807, 2.05) is 45.2 Å². The Morgan fingerprint density at radius 1 is 1.14 bits per heavy atom. The maximum Gasteiger partial charge on any atom is 0.307 e. The molecule has 3 rings (SSSR count). The van der Waals surface area contributed by atoms with Gasteiger partial charge >= 0.3 is 5.97 Å². The van der Waals surface area contributed by atoms with E-state index in [2.05, 4.69) is 4.90 Å². The molecule has 1 aliphatic carbocycles. The van der Waals surface area contributed by atoms with Gasteiger partial charge < -0.3 is 14.9 Å². The van der Waals surface area contributed by atoms with Gasteiger partial charge in [0.15, 0.2) is 0 Å². The number of carboxylic acids is 1. The van der Waals surface area contributed by atoms with Gasteiger partial charge in [0, 0.05) is 20.1 Å². The Hall–Kier alpha value is -2.04. The van der Waals surface area contributed by atoms with Crippen molar-refractivity contribution in [2.75, 3.05) is 29.9 Å². The van der Waals surface area contributed by atoms with Crippen molar-refractivity contribution in [3.8, 4) is 0 Å². The van der Waals surface area contributed by atoms with Crippen LogP contribution >= 0.6 is 0 Å². The minimum atomic E-state index is -0.874. The number of carbonyl (C=O) groups excluding carboxylic acids is 1. The quantitative estimate of drug-likeness (QED) is 0.902. The zero-order chi connectivity index (χ0) is 15.4. The summed E-state index contributed by atoms with van der Waals surface area (Å²) < 4.78 is 0. The lowest BCUT2D eigenvalue weighted by Gasteiger charge is -2.36. The summed E-state index contributed by atoms with van der Waals surface area (Å²) in [5, 5.41) is 9.26. The van der Waals surface area contributed by atoms with E-state index in [-0.39, 0.29) is 5.91 Å². The lowest BCUT2D eigenvalue weighted by atomic mass is 10.1. The lowest BCUT2D eigenvalue weighted by Crippen LogP contribution is -2.44. The summed E-state index contributed by atoms with van der Waals surface area (Å²) >= 11 is 0. The second-order valence-electron chi connectivity index (χ2n) is 6.52. The number of hydrogen-bond donors (Lipinski definition) is 1. The summed E-state index contributed by atoms with van der Waals surface area (Å²) in [6.45, 7) is 5.07. The third-order valence-corrected chi connectivity index (χ3v) is 4.87. The molecule has 2 unspecified atom stereocenters. The number of benzene rings is 1. The van der Waals surface area contributed by atoms with E-state index in [0.717, 1.165) is 17.9 Å². The number of fused-ring (bicyclic) bond motifs is 1. The smallest absolute Gasteiger partial charge is 0.307 e. The van der Waals surface area contributed by atoms with E-state index in [4.69, 9.17) is 0 Å². The molecule has 0 spiro atoms. The topological polar surface area (TPSA) is 60.9 Å². The zero-order valence-electron chi connectivity index (χ0n) is 12.5. The molecule has 1 aromatic carbocycles. The molecule has 21 heavy (non-hydrogen) atoms. The molecule has 1 N–H and O–H groups in total. The monoisotopic (exact) mass is 288 g/mol. The number of aliphatic carboxylic acids is 1. The molecule has 2 atom stereocenters. The van der Waals surface area contributed by atoms with Crippen LogP contribution in [0.4, 0.5) is 11.4 Å². The third kappa shape index (κ3) is 1.99. The van der Waals surface area contributed by atoms with Gasteiger partial charge in [-0.2, -0.15) is 0 Å². The first-order valence-electron chi connectivity index (χ1n) is 7.20. The number of amides is 1. The Bertz CT molecular complexity index is 611. The lowest BCUT2D eigenvalue weighted by molar-refractivity contribution is -0.140. The second kappa shape index (κ2) is 4.48. The molecule has 5 nitrogen and oxygen atoms in total. The van der Waals surface area contributed by atoms with Gasteiger partial charge in [0.1, 0.15) is 0 Å². The second-order valence-corrected chi connectivity index (χ2v) is 6.52. The van der Waals surface area contributed by atoms with Gasteiger partial charge in [0.25, 0.3) is 0 Å². The molecule has 0 aromatic heterocycles. The van der Waals surface area contributed by atoms with Crippen molar-refractivity contribution in [1.29, 1.82) is 0 Å². The number of hydrogen-bond acceptors (Lipinski definition) is 3. The van der Waals surface area contributed by atoms with Crippen LogP contribution in [0.25, 0.3) is 0 Å². The summed E-state index contributed by atoms with van der Waals surface area (Å²) in [7, 11) is 2.00. The molecule has 1 fully saturated rings. The van der Waals surface area contributed by atoms with Crippen LogP contribution in [0.5, 0.6) is 0 Å². The number of nitrogens with zero attached hydrogens (tertiary/aromatic N) is 2. The summed E-state index contributed by atoms with van der Waals surface area (Å²) in [6.07, 6.45) is 0. The van der Waals surface area contributed by atoms with Crippen molar-refractivity contribution in [3.63, 3.8) is 0 Å². The van der Waals surface area contributed by atoms with Crippen LogP contribution in [0.2, 0.25) is 0 Å². The van der Waals surface area contributed by atoms with E-state index in [1.54, 1.807) is 4.90 Å². The molecular formula is C16H20N2O3. The highest BCUT2D eigenvalue weighted by molar-refractivity contribution is 6.04. The number of para-hydroxylation sites is 2. The Kier molecular flexibility index (Phi) is 2.97. The van der Waals surface area contributed by atoms with Gasteiger partial charge in [-0.25, -0.2) is 0 Å². The fraction of sp³-hybridized carbons (Fsp3) is 0.500. The molecule has 0 radical (unpaired) electrons. The van der Waals surface area contributed by atoms with Crippen LogP contribution in [0, 0.1) is 17.3 Å². The van der Waals surface area contributed by atoms with E-state index in [0.29, 0.717) is 6.54 Å². The number of likely N-dealkylation sites (N-methyl/N-ethyl adjacent to an activating group) is 1. The molecule has 1 aromatic rings. The van der Waals surface area contributed by atoms with Crippen LogP contribution in [0.3, 0.4) is 0 Å². The molecule has 0 saturated heterocycles. The van der Waals surface area contributed by atoms with Gasteiger partial charge in [-0.1, -0.05) is 26.0 Å². The number of rotatable bonds is 2. The first kappa shape index (κ1) is 13.9. The van der Waals surface area contributed by atoms with Gasteiger partial charge in [-0.05, 0) is 17.5 Å². The first-order valence-corrected chi connectivity index (χ1v) is 7.20. The maximum absolute atomic E-state index is 12.8. The number of carbonyl (C=O) groups is 2. The fourth-order valence-electron chi connectivity index (χ4n) is 3.46.